The van der Waals surface area contributed by atoms with Gasteiger partial charge in [0.2, 0.25) is 0 Å². The fourth-order valence-electron chi connectivity index (χ4n) is 2.12. The Kier molecular flexibility index (Phi) is 3.04. The van der Waals surface area contributed by atoms with Crippen molar-refractivity contribution in [2.45, 2.75) is 20.8 Å². The fourth-order valence-corrected chi connectivity index (χ4v) is 4.70. The molecule has 0 bridgehead atoms. The summed E-state index contributed by atoms with van der Waals surface area (Å²) in [6.07, 6.45) is 0. The molecule has 92 valence electrons. The molecule has 2 heterocycles. The standard InChI is InChI=1S/C14H12BrNS2/c1-7-8(2)17-9(3)13(7)14-16-11-6-10(15)4-5-12(11)18-14/h4-6H,1-3H3. The number of hydrogen-bond donors (Lipinski definition) is 0. The second-order valence-electron chi connectivity index (χ2n) is 4.35. The van der Waals surface area contributed by atoms with E-state index in [1.807, 2.05) is 11.3 Å². The van der Waals surface area contributed by atoms with Gasteiger partial charge in [-0.1, -0.05) is 15.9 Å². The lowest BCUT2D eigenvalue weighted by molar-refractivity contribution is 1.39. The van der Waals surface area contributed by atoms with E-state index in [1.54, 1.807) is 11.3 Å². The van der Waals surface area contributed by atoms with Gasteiger partial charge in [0.15, 0.2) is 0 Å². The number of thiophene rings is 1. The van der Waals surface area contributed by atoms with Crippen LogP contribution in [0.1, 0.15) is 15.3 Å². The van der Waals surface area contributed by atoms with Crippen molar-refractivity contribution in [3.63, 3.8) is 0 Å². The van der Waals surface area contributed by atoms with Gasteiger partial charge in [-0.15, -0.1) is 22.7 Å². The molecule has 0 aliphatic heterocycles. The lowest BCUT2D eigenvalue weighted by Gasteiger charge is -1.96. The van der Waals surface area contributed by atoms with Gasteiger partial charge in [0, 0.05) is 19.8 Å². The van der Waals surface area contributed by atoms with Crippen LogP contribution in [0.15, 0.2) is 22.7 Å². The fraction of sp³-hybridized carbons (Fsp3) is 0.214. The predicted molar refractivity (Wildman–Crippen MR) is 84.8 cm³/mol. The average Bonchev–Trinajstić information content (AvgIpc) is 2.80. The average molecular weight is 338 g/mol. The SMILES string of the molecule is Cc1sc(C)c(-c2nc3cc(Br)ccc3s2)c1C. The van der Waals surface area contributed by atoms with Gasteiger partial charge in [0.25, 0.3) is 0 Å². The van der Waals surface area contributed by atoms with Crippen LogP contribution in [0.5, 0.6) is 0 Å². The number of fused-ring (bicyclic) bond motifs is 1. The summed E-state index contributed by atoms with van der Waals surface area (Å²) in [6, 6.07) is 6.28. The van der Waals surface area contributed by atoms with Gasteiger partial charge < -0.3 is 0 Å². The van der Waals surface area contributed by atoms with Gasteiger partial charge in [0.1, 0.15) is 5.01 Å². The Hall–Kier alpha value is -0.710. The van der Waals surface area contributed by atoms with Crippen LogP contribution in [-0.2, 0) is 0 Å². The summed E-state index contributed by atoms with van der Waals surface area (Å²) in [4.78, 5) is 7.53. The molecule has 0 aliphatic rings. The third kappa shape index (κ3) is 1.92. The number of aromatic nitrogens is 1. The van der Waals surface area contributed by atoms with Gasteiger partial charge in [-0.3, -0.25) is 0 Å². The van der Waals surface area contributed by atoms with Gasteiger partial charge >= 0.3 is 0 Å². The van der Waals surface area contributed by atoms with E-state index in [0.717, 1.165) is 15.0 Å². The highest BCUT2D eigenvalue weighted by molar-refractivity contribution is 9.10. The van der Waals surface area contributed by atoms with E-state index in [2.05, 4.69) is 54.9 Å². The zero-order valence-electron chi connectivity index (χ0n) is 10.4. The summed E-state index contributed by atoms with van der Waals surface area (Å²) < 4.78 is 2.33. The molecule has 0 atom stereocenters. The molecule has 0 saturated carbocycles. The van der Waals surface area contributed by atoms with Crippen molar-refractivity contribution in [2.24, 2.45) is 0 Å². The first-order valence-corrected chi connectivity index (χ1v) is 8.12. The minimum absolute atomic E-state index is 1.08. The Balaban J connectivity index is 2.25. The number of thiazole rings is 1. The zero-order valence-corrected chi connectivity index (χ0v) is 13.6. The monoisotopic (exact) mass is 337 g/mol. The zero-order chi connectivity index (χ0) is 12.9. The van der Waals surface area contributed by atoms with Gasteiger partial charge in [-0.25, -0.2) is 4.98 Å². The number of rotatable bonds is 1. The van der Waals surface area contributed by atoms with Crippen molar-refractivity contribution in [1.29, 1.82) is 0 Å². The molecule has 3 aromatic rings. The maximum Gasteiger partial charge on any atom is 0.125 e. The molecule has 18 heavy (non-hydrogen) atoms. The maximum atomic E-state index is 4.77. The van der Waals surface area contributed by atoms with Crippen LogP contribution in [0.25, 0.3) is 20.8 Å². The summed E-state index contributed by atoms with van der Waals surface area (Å²) in [5.74, 6) is 0. The Morgan fingerprint density at radius 1 is 1.06 bits per heavy atom. The number of aryl methyl sites for hydroxylation is 2. The summed E-state index contributed by atoms with van der Waals surface area (Å²) >= 11 is 7.13. The molecule has 3 rings (SSSR count). The molecule has 0 N–H and O–H groups in total. The lowest BCUT2D eigenvalue weighted by atomic mass is 10.1. The van der Waals surface area contributed by atoms with Gasteiger partial charge in [-0.05, 0) is 44.5 Å². The molecule has 1 nitrogen and oxygen atoms in total. The minimum atomic E-state index is 1.08. The molecule has 0 unspecified atom stereocenters. The van der Waals surface area contributed by atoms with E-state index in [1.165, 1.54) is 25.6 Å². The first kappa shape index (κ1) is 12.3. The summed E-state index contributed by atoms with van der Waals surface area (Å²) in [5.41, 5.74) is 3.78. The van der Waals surface area contributed by atoms with Crippen molar-refractivity contribution >= 4 is 48.8 Å². The Bertz CT molecular complexity index is 740. The molecule has 0 radical (unpaired) electrons. The molecule has 4 heteroatoms. The van der Waals surface area contributed by atoms with Crippen LogP contribution in [0.2, 0.25) is 0 Å². The highest BCUT2D eigenvalue weighted by atomic mass is 79.9. The van der Waals surface area contributed by atoms with Crippen LogP contribution in [0.3, 0.4) is 0 Å². The first-order chi connectivity index (χ1) is 8.56. The molecule has 0 amide bonds. The highest BCUT2D eigenvalue weighted by Crippen LogP contribution is 2.39. The number of halogens is 1. The van der Waals surface area contributed by atoms with E-state index in [9.17, 15) is 0 Å². The first-order valence-electron chi connectivity index (χ1n) is 5.69. The van der Waals surface area contributed by atoms with E-state index in [0.29, 0.717) is 0 Å². The summed E-state index contributed by atoms with van der Waals surface area (Å²) in [7, 11) is 0. The molecule has 2 aromatic heterocycles. The smallest absolute Gasteiger partial charge is 0.125 e. The van der Waals surface area contributed by atoms with Crippen molar-refractivity contribution in [3.8, 4) is 10.6 Å². The van der Waals surface area contributed by atoms with Crippen molar-refractivity contribution in [2.75, 3.05) is 0 Å². The van der Waals surface area contributed by atoms with Crippen LogP contribution in [0.4, 0.5) is 0 Å². The van der Waals surface area contributed by atoms with Crippen LogP contribution in [0, 0.1) is 20.8 Å². The molecule has 0 spiro atoms. The van der Waals surface area contributed by atoms with Crippen LogP contribution in [-0.4, -0.2) is 4.98 Å². The van der Waals surface area contributed by atoms with E-state index < -0.39 is 0 Å². The molecular formula is C14H12BrNS2. The largest absolute Gasteiger partial charge is 0.236 e. The summed E-state index contributed by atoms with van der Waals surface area (Å²) in [6.45, 7) is 6.55. The molecule has 0 saturated heterocycles. The Morgan fingerprint density at radius 2 is 1.83 bits per heavy atom. The Labute approximate surface area is 123 Å². The molecule has 1 aromatic carbocycles. The lowest BCUT2D eigenvalue weighted by Crippen LogP contribution is -1.79. The molecule has 0 aliphatic carbocycles. The summed E-state index contributed by atoms with van der Waals surface area (Å²) in [5, 5.41) is 1.14. The van der Waals surface area contributed by atoms with Crippen LogP contribution < -0.4 is 0 Å². The number of hydrogen-bond acceptors (Lipinski definition) is 3. The second-order valence-corrected chi connectivity index (χ2v) is 7.72. The van der Waals surface area contributed by atoms with E-state index >= 15 is 0 Å². The van der Waals surface area contributed by atoms with Crippen LogP contribution >= 0.6 is 38.6 Å². The predicted octanol–water partition coefficient (Wildman–Crippen LogP) is 5.71. The quantitative estimate of drug-likeness (QED) is 0.553. The third-order valence-electron chi connectivity index (χ3n) is 3.12. The number of benzene rings is 1. The third-order valence-corrected chi connectivity index (χ3v) is 5.79. The van der Waals surface area contributed by atoms with Gasteiger partial charge in [0.05, 0.1) is 10.2 Å². The van der Waals surface area contributed by atoms with Gasteiger partial charge in [-0.2, -0.15) is 0 Å². The van der Waals surface area contributed by atoms with E-state index in [4.69, 9.17) is 4.98 Å². The number of nitrogens with zero attached hydrogens (tertiary/aromatic N) is 1. The minimum Gasteiger partial charge on any atom is -0.236 e. The normalized spacial score (nSPS) is 11.3. The van der Waals surface area contributed by atoms with Crippen molar-refractivity contribution in [3.05, 3.63) is 38.0 Å². The van der Waals surface area contributed by atoms with Crippen molar-refractivity contribution in [1.82, 2.24) is 4.98 Å². The van der Waals surface area contributed by atoms with Crippen molar-refractivity contribution < 1.29 is 0 Å². The van der Waals surface area contributed by atoms with E-state index in [-0.39, 0.29) is 0 Å². The second kappa shape index (κ2) is 4.44. The highest BCUT2D eigenvalue weighted by Gasteiger charge is 2.15. The molecule has 0 fully saturated rings. The molecular weight excluding hydrogens is 326 g/mol. The Morgan fingerprint density at radius 3 is 2.50 bits per heavy atom. The maximum absolute atomic E-state index is 4.77. The topological polar surface area (TPSA) is 12.9 Å².